The van der Waals surface area contributed by atoms with Crippen molar-refractivity contribution in [1.82, 2.24) is 4.90 Å². The summed E-state index contributed by atoms with van der Waals surface area (Å²) in [5.74, 6) is 0.339. The van der Waals surface area contributed by atoms with Gasteiger partial charge in [-0.25, -0.2) is 0 Å². The van der Waals surface area contributed by atoms with Crippen LogP contribution in [-0.4, -0.2) is 50.7 Å². The number of nitrogens with zero attached hydrogens (tertiary/aromatic N) is 1. The number of methoxy groups -OCH3 is 3. The van der Waals surface area contributed by atoms with E-state index in [9.17, 15) is 9.59 Å². The molecule has 0 heterocycles. The first kappa shape index (κ1) is 19.1. The standard InChI is InChI=1S/C19H27NO5/c1-13(19(22)25-4)12-20(15-7-5-6-8-15)18(21)14-9-16(23-2)11-17(10-14)24-3/h9-11,13,15H,5-8,12H2,1-4H3. The molecule has 6 heteroatoms. The van der Waals surface area contributed by atoms with Crippen molar-refractivity contribution >= 4 is 11.9 Å². The van der Waals surface area contributed by atoms with Crippen LogP contribution in [0.3, 0.4) is 0 Å². The molecule has 0 spiro atoms. The van der Waals surface area contributed by atoms with Gasteiger partial charge in [-0.2, -0.15) is 0 Å². The van der Waals surface area contributed by atoms with E-state index >= 15 is 0 Å². The number of carbonyl (C=O) groups is 2. The molecule has 0 bridgehead atoms. The lowest BCUT2D eigenvalue weighted by molar-refractivity contribution is -0.145. The largest absolute Gasteiger partial charge is 0.497 e. The van der Waals surface area contributed by atoms with Crippen molar-refractivity contribution in [3.05, 3.63) is 23.8 Å². The summed E-state index contributed by atoms with van der Waals surface area (Å²) in [6, 6.07) is 5.29. The van der Waals surface area contributed by atoms with E-state index in [1.807, 2.05) is 4.90 Å². The van der Waals surface area contributed by atoms with E-state index in [0.29, 0.717) is 23.6 Å². The molecule has 1 aromatic rings. The highest BCUT2D eigenvalue weighted by Gasteiger charge is 2.31. The molecule has 0 N–H and O–H groups in total. The molecule has 1 aliphatic rings. The third kappa shape index (κ3) is 4.65. The van der Waals surface area contributed by atoms with Gasteiger partial charge in [-0.3, -0.25) is 9.59 Å². The number of esters is 1. The highest BCUT2D eigenvalue weighted by atomic mass is 16.5. The smallest absolute Gasteiger partial charge is 0.310 e. The Hall–Kier alpha value is -2.24. The van der Waals surface area contributed by atoms with E-state index in [4.69, 9.17) is 14.2 Å². The Labute approximate surface area is 149 Å². The minimum Gasteiger partial charge on any atom is -0.497 e. The molecule has 1 aromatic carbocycles. The molecule has 0 saturated heterocycles. The summed E-state index contributed by atoms with van der Waals surface area (Å²) in [4.78, 5) is 26.8. The highest BCUT2D eigenvalue weighted by Crippen LogP contribution is 2.28. The van der Waals surface area contributed by atoms with Gasteiger partial charge in [-0.15, -0.1) is 0 Å². The molecular formula is C19H27NO5. The van der Waals surface area contributed by atoms with Crippen molar-refractivity contribution in [2.75, 3.05) is 27.9 Å². The number of hydrogen-bond acceptors (Lipinski definition) is 5. The first-order chi connectivity index (χ1) is 12.0. The monoisotopic (exact) mass is 349 g/mol. The zero-order valence-electron chi connectivity index (χ0n) is 15.4. The zero-order valence-corrected chi connectivity index (χ0v) is 15.4. The quantitative estimate of drug-likeness (QED) is 0.708. The van der Waals surface area contributed by atoms with Crippen LogP contribution >= 0.6 is 0 Å². The van der Waals surface area contributed by atoms with Crippen molar-refractivity contribution < 1.29 is 23.8 Å². The Balaban J connectivity index is 2.29. The minimum atomic E-state index is -0.373. The first-order valence-corrected chi connectivity index (χ1v) is 8.62. The van der Waals surface area contributed by atoms with Gasteiger partial charge in [0, 0.05) is 24.2 Å². The van der Waals surface area contributed by atoms with Gasteiger partial charge in [0.1, 0.15) is 11.5 Å². The number of carbonyl (C=O) groups excluding carboxylic acids is 2. The molecule has 1 aliphatic carbocycles. The van der Waals surface area contributed by atoms with Crippen LogP contribution in [0.25, 0.3) is 0 Å². The van der Waals surface area contributed by atoms with Gasteiger partial charge in [0.05, 0.1) is 27.2 Å². The lowest BCUT2D eigenvalue weighted by Gasteiger charge is -2.31. The lowest BCUT2D eigenvalue weighted by atomic mass is 10.1. The molecule has 0 aliphatic heterocycles. The van der Waals surface area contributed by atoms with Crippen LogP contribution in [-0.2, 0) is 9.53 Å². The minimum absolute atomic E-state index is 0.111. The van der Waals surface area contributed by atoms with Crippen molar-refractivity contribution in [1.29, 1.82) is 0 Å². The van der Waals surface area contributed by atoms with E-state index in [1.165, 1.54) is 7.11 Å². The molecule has 1 saturated carbocycles. The second-order valence-corrected chi connectivity index (χ2v) is 6.42. The van der Waals surface area contributed by atoms with Crippen LogP contribution < -0.4 is 9.47 Å². The number of amides is 1. The van der Waals surface area contributed by atoms with Crippen LogP contribution in [0.15, 0.2) is 18.2 Å². The maximum atomic E-state index is 13.2. The summed E-state index contributed by atoms with van der Waals surface area (Å²) < 4.78 is 15.3. The number of ether oxygens (including phenoxy) is 3. The van der Waals surface area contributed by atoms with Crippen molar-refractivity contribution in [2.45, 2.75) is 38.6 Å². The summed E-state index contributed by atoms with van der Waals surface area (Å²) >= 11 is 0. The summed E-state index contributed by atoms with van der Waals surface area (Å²) in [6.07, 6.45) is 4.12. The topological polar surface area (TPSA) is 65.1 Å². The molecule has 0 aromatic heterocycles. The first-order valence-electron chi connectivity index (χ1n) is 8.62. The molecule has 1 atom stereocenters. The molecule has 1 amide bonds. The predicted octanol–water partition coefficient (Wildman–Crippen LogP) is 2.90. The molecule has 6 nitrogen and oxygen atoms in total. The fourth-order valence-corrected chi connectivity index (χ4v) is 3.28. The van der Waals surface area contributed by atoms with Crippen LogP contribution in [0.5, 0.6) is 11.5 Å². The maximum absolute atomic E-state index is 13.2. The Morgan fingerprint density at radius 1 is 1.08 bits per heavy atom. The highest BCUT2D eigenvalue weighted by molar-refractivity contribution is 5.95. The molecule has 2 rings (SSSR count). The van der Waals surface area contributed by atoms with E-state index in [1.54, 1.807) is 39.3 Å². The average Bonchev–Trinajstić information content (AvgIpc) is 3.18. The average molecular weight is 349 g/mol. The van der Waals surface area contributed by atoms with Gasteiger partial charge < -0.3 is 19.1 Å². The lowest BCUT2D eigenvalue weighted by Crippen LogP contribution is -2.43. The SMILES string of the molecule is COC(=O)C(C)CN(C(=O)c1cc(OC)cc(OC)c1)C1CCCC1. The Morgan fingerprint density at radius 2 is 1.64 bits per heavy atom. The van der Waals surface area contributed by atoms with E-state index < -0.39 is 0 Å². The van der Waals surface area contributed by atoms with Crippen molar-refractivity contribution in [3.63, 3.8) is 0 Å². The Kier molecular flexibility index (Phi) is 6.67. The normalized spacial score (nSPS) is 15.5. The fraction of sp³-hybridized carbons (Fsp3) is 0.579. The third-order valence-electron chi connectivity index (χ3n) is 4.70. The zero-order chi connectivity index (χ0) is 18.4. The van der Waals surface area contributed by atoms with E-state index in [2.05, 4.69) is 0 Å². The van der Waals surface area contributed by atoms with Gasteiger partial charge in [0.25, 0.3) is 5.91 Å². The second-order valence-electron chi connectivity index (χ2n) is 6.42. The molecule has 1 fully saturated rings. The molecule has 1 unspecified atom stereocenters. The molecule has 138 valence electrons. The number of rotatable bonds is 7. The molecular weight excluding hydrogens is 322 g/mol. The van der Waals surface area contributed by atoms with Gasteiger partial charge in [0.2, 0.25) is 0 Å². The van der Waals surface area contributed by atoms with Crippen molar-refractivity contribution in [3.8, 4) is 11.5 Å². The van der Waals surface area contributed by atoms with Gasteiger partial charge in [-0.1, -0.05) is 19.8 Å². The third-order valence-corrected chi connectivity index (χ3v) is 4.70. The van der Waals surface area contributed by atoms with Crippen LogP contribution in [0.4, 0.5) is 0 Å². The number of hydrogen-bond donors (Lipinski definition) is 0. The predicted molar refractivity (Wildman–Crippen MR) is 94.0 cm³/mol. The Morgan fingerprint density at radius 3 is 2.12 bits per heavy atom. The van der Waals surface area contributed by atoms with Crippen LogP contribution in [0.2, 0.25) is 0 Å². The molecule has 25 heavy (non-hydrogen) atoms. The van der Waals surface area contributed by atoms with Crippen molar-refractivity contribution in [2.24, 2.45) is 5.92 Å². The summed E-state index contributed by atoms with van der Waals surface area (Å²) in [5.41, 5.74) is 0.500. The maximum Gasteiger partial charge on any atom is 0.310 e. The summed E-state index contributed by atoms with van der Waals surface area (Å²) in [5, 5.41) is 0. The summed E-state index contributed by atoms with van der Waals surface area (Å²) in [7, 11) is 4.47. The molecule has 0 radical (unpaired) electrons. The van der Waals surface area contributed by atoms with Crippen LogP contribution in [0.1, 0.15) is 43.0 Å². The summed E-state index contributed by atoms with van der Waals surface area (Å²) in [6.45, 7) is 2.13. The van der Waals surface area contributed by atoms with Gasteiger partial charge >= 0.3 is 5.97 Å². The van der Waals surface area contributed by atoms with Gasteiger partial charge in [0.15, 0.2) is 0 Å². The van der Waals surface area contributed by atoms with E-state index in [0.717, 1.165) is 25.7 Å². The Bertz CT molecular complexity index is 588. The van der Waals surface area contributed by atoms with E-state index in [-0.39, 0.29) is 23.8 Å². The fourth-order valence-electron chi connectivity index (χ4n) is 3.28. The van der Waals surface area contributed by atoms with Gasteiger partial charge in [-0.05, 0) is 25.0 Å². The van der Waals surface area contributed by atoms with Crippen LogP contribution in [0, 0.1) is 5.92 Å². The second kappa shape index (κ2) is 8.74. The number of benzene rings is 1.